The molecule has 2 rings (SSSR count). The molecule has 1 N–H and O–H groups in total. The lowest BCUT2D eigenvalue weighted by Crippen LogP contribution is -2.40. The van der Waals surface area contributed by atoms with E-state index >= 15 is 0 Å². The van der Waals surface area contributed by atoms with Crippen LogP contribution in [-0.2, 0) is 16.1 Å². The molecule has 0 saturated heterocycles. The van der Waals surface area contributed by atoms with Gasteiger partial charge >= 0.3 is 0 Å². The van der Waals surface area contributed by atoms with Crippen molar-refractivity contribution in [2.75, 3.05) is 11.4 Å². The third-order valence-corrected chi connectivity index (χ3v) is 3.16. The van der Waals surface area contributed by atoms with Gasteiger partial charge in [0.15, 0.2) is 0 Å². The van der Waals surface area contributed by atoms with E-state index < -0.39 is 5.82 Å². The van der Waals surface area contributed by atoms with Gasteiger partial charge in [-0.25, -0.2) is 4.39 Å². The van der Waals surface area contributed by atoms with Crippen LogP contribution in [0.2, 0.25) is 0 Å². The molecule has 114 valence electrons. The summed E-state index contributed by atoms with van der Waals surface area (Å²) in [6.07, 6.45) is 0. The number of anilines is 1. The third-order valence-electron chi connectivity index (χ3n) is 3.16. The fourth-order valence-electron chi connectivity index (χ4n) is 2.03. The number of rotatable bonds is 5. The number of halogens is 1. The van der Waals surface area contributed by atoms with Crippen molar-refractivity contribution in [3.63, 3.8) is 0 Å². The largest absolute Gasteiger partial charge is 0.350 e. The summed E-state index contributed by atoms with van der Waals surface area (Å²) in [6, 6.07) is 15.3. The second-order valence-electron chi connectivity index (χ2n) is 4.82. The molecule has 0 heterocycles. The minimum atomic E-state index is -0.534. The van der Waals surface area contributed by atoms with Crippen molar-refractivity contribution < 1.29 is 14.0 Å². The van der Waals surface area contributed by atoms with Crippen molar-refractivity contribution in [3.05, 3.63) is 66.0 Å². The predicted octanol–water partition coefficient (Wildman–Crippen LogP) is 2.50. The van der Waals surface area contributed by atoms with Crippen LogP contribution in [0.3, 0.4) is 0 Å². The number of carbonyl (C=O) groups excluding carboxylic acids is 2. The van der Waals surface area contributed by atoms with Gasteiger partial charge in [-0.2, -0.15) is 0 Å². The number of para-hydroxylation sites is 1. The van der Waals surface area contributed by atoms with E-state index in [0.717, 1.165) is 10.5 Å². The van der Waals surface area contributed by atoms with Gasteiger partial charge in [0.05, 0.1) is 5.69 Å². The van der Waals surface area contributed by atoms with Gasteiger partial charge in [-0.1, -0.05) is 42.5 Å². The Labute approximate surface area is 128 Å². The smallest absolute Gasteiger partial charge is 0.240 e. The Hall–Kier alpha value is -2.69. The molecule has 0 radical (unpaired) electrons. The first kappa shape index (κ1) is 15.7. The van der Waals surface area contributed by atoms with E-state index in [-0.39, 0.29) is 24.0 Å². The lowest BCUT2D eigenvalue weighted by molar-refractivity contribution is -0.123. The van der Waals surface area contributed by atoms with Crippen LogP contribution in [0.5, 0.6) is 0 Å². The van der Waals surface area contributed by atoms with Crippen molar-refractivity contribution in [2.45, 2.75) is 13.5 Å². The van der Waals surface area contributed by atoms with Gasteiger partial charge < -0.3 is 10.2 Å². The molecule has 0 bridgehead atoms. The zero-order valence-corrected chi connectivity index (χ0v) is 12.3. The van der Waals surface area contributed by atoms with Crippen LogP contribution in [0.25, 0.3) is 0 Å². The maximum absolute atomic E-state index is 13.8. The normalized spacial score (nSPS) is 10.1. The van der Waals surface area contributed by atoms with Gasteiger partial charge in [-0.15, -0.1) is 0 Å². The van der Waals surface area contributed by atoms with Crippen molar-refractivity contribution in [2.24, 2.45) is 0 Å². The van der Waals surface area contributed by atoms with E-state index in [1.807, 2.05) is 30.3 Å². The first-order valence-corrected chi connectivity index (χ1v) is 6.91. The van der Waals surface area contributed by atoms with Gasteiger partial charge in [0.1, 0.15) is 12.4 Å². The van der Waals surface area contributed by atoms with Crippen LogP contribution in [0.4, 0.5) is 10.1 Å². The minimum absolute atomic E-state index is 0.102. The summed E-state index contributed by atoms with van der Waals surface area (Å²) in [5.74, 6) is -1.27. The second kappa shape index (κ2) is 7.36. The molecule has 0 unspecified atom stereocenters. The van der Waals surface area contributed by atoms with E-state index in [9.17, 15) is 14.0 Å². The Morgan fingerprint density at radius 1 is 1.05 bits per heavy atom. The summed E-state index contributed by atoms with van der Waals surface area (Å²) in [7, 11) is 0. The standard InChI is InChI=1S/C17H17FN2O2/c1-13(21)20(16-10-6-5-9-15(16)18)12-17(22)19-11-14-7-3-2-4-8-14/h2-10H,11-12H2,1H3,(H,19,22). The van der Waals surface area contributed by atoms with Gasteiger partial charge in [0.25, 0.3) is 0 Å². The number of nitrogens with zero attached hydrogens (tertiary/aromatic N) is 1. The monoisotopic (exact) mass is 300 g/mol. The summed E-state index contributed by atoms with van der Waals surface area (Å²) in [4.78, 5) is 24.8. The van der Waals surface area contributed by atoms with Gasteiger partial charge in [-0.05, 0) is 17.7 Å². The van der Waals surface area contributed by atoms with Gasteiger partial charge in [0.2, 0.25) is 11.8 Å². The Morgan fingerprint density at radius 3 is 2.32 bits per heavy atom. The average Bonchev–Trinajstić information content (AvgIpc) is 2.52. The van der Waals surface area contributed by atoms with Crippen LogP contribution in [-0.4, -0.2) is 18.4 Å². The van der Waals surface area contributed by atoms with Gasteiger partial charge in [0, 0.05) is 13.5 Å². The Morgan fingerprint density at radius 2 is 1.68 bits per heavy atom. The molecular formula is C17H17FN2O2. The lowest BCUT2D eigenvalue weighted by Gasteiger charge is -2.21. The Kier molecular flexibility index (Phi) is 5.25. The molecule has 2 aromatic carbocycles. The first-order chi connectivity index (χ1) is 10.6. The van der Waals surface area contributed by atoms with Crippen molar-refractivity contribution >= 4 is 17.5 Å². The maximum atomic E-state index is 13.8. The van der Waals surface area contributed by atoms with Gasteiger partial charge in [-0.3, -0.25) is 9.59 Å². The molecule has 0 fully saturated rings. The maximum Gasteiger partial charge on any atom is 0.240 e. The summed E-state index contributed by atoms with van der Waals surface area (Å²) in [6.45, 7) is 1.45. The molecule has 2 amide bonds. The van der Waals surface area contributed by atoms with Crippen LogP contribution in [0, 0.1) is 5.82 Å². The highest BCUT2D eigenvalue weighted by molar-refractivity contribution is 5.97. The number of hydrogen-bond acceptors (Lipinski definition) is 2. The molecule has 0 atom stereocenters. The molecule has 0 aromatic heterocycles. The highest BCUT2D eigenvalue weighted by Gasteiger charge is 2.18. The van der Waals surface area contributed by atoms with E-state index in [1.165, 1.54) is 25.1 Å². The molecule has 2 aromatic rings. The topological polar surface area (TPSA) is 49.4 Å². The molecule has 5 heteroatoms. The van der Waals surface area contributed by atoms with Crippen LogP contribution in [0.1, 0.15) is 12.5 Å². The lowest BCUT2D eigenvalue weighted by atomic mass is 10.2. The fourth-order valence-corrected chi connectivity index (χ4v) is 2.03. The Balaban J connectivity index is 2.01. The molecule has 4 nitrogen and oxygen atoms in total. The number of amides is 2. The SMILES string of the molecule is CC(=O)N(CC(=O)NCc1ccccc1)c1ccccc1F. The molecule has 0 saturated carbocycles. The van der Waals surface area contributed by atoms with Crippen LogP contribution in [0.15, 0.2) is 54.6 Å². The molecule has 0 spiro atoms. The first-order valence-electron chi connectivity index (χ1n) is 6.91. The number of nitrogens with one attached hydrogen (secondary N) is 1. The van der Waals surface area contributed by atoms with E-state index in [4.69, 9.17) is 0 Å². The molecule has 0 aliphatic rings. The zero-order valence-electron chi connectivity index (χ0n) is 12.3. The third kappa shape index (κ3) is 4.15. The highest BCUT2D eigenvalue weighted by atomic mass is 19.1. The minimum Gasteiger partial charge on any atom is -0.350 e. The second-order valence-corrected chi connectivity index (χ2v) is 4.82. The molecule has 0 aliphatic heterocycles. The van der Waals surface area contributed by atoms with Crippen molar-refractivity contribution in [3.8, 4) is 0 Å². The van der Waals surface area contributed by atoms with Crippen LogP contribution < -0.4 is 10.2 Å². The predicted molar refractivity (Wildman–Crippen MR) is 82.7 cm³/mol. The number of hydrogen-bond donors (Lipinski definition) is 1. The van der Waals surface area contributed by atoms with Crippen molar-refractivity contribution in [1.29, 1.82) is 0 Å². The Bertz CT molecular complexity index is 659. The number of benzene rings is 2. The highest BCUT2D eigenvalue weighted by Crippen LogP contribution is 2.18. The zero-order chi connectivity index (χ0) is 15.9. The van der Waals surface area contributed by atoms with E-state index in [0.29, 0.717) is 6.54 Å². The van der Waals surface area contributed by atoms with E-state index in [2.05, 4.69) is 5.32 Å². The van der Waals surface area contributed by atoms with Crippen molar-refractivity contribution in [1.82, 2.24) is 5.32 Å². The van der Waals surface area contributed by atoms with E-state index in [1.54, 1.807) is 6.07 Å². The fraction of sp³-hybridized carbons (Fsp3) is 0.176. The molecule has 0 aliphatic carbocycles. The summed E-state index contributed by atoms with van der Waals surface area (Å²) >= 11 is 0. The quantitative estimate of drug-likeness (QED) is 0.922. The number of carbonyl (C=O) groups is 2. The summed E-state index contributed by atoms with van der Waals surface area (Å²) in [5.41, 5.74) is 1.06. The summed E-state index contributed by atoms with van der Waals surface area (Å²) < 4.78 is 13.8. The molecular weight excluding hydrogens is 283 g/mol. The average molecular weight is 300 g/mol. The van der Waals surface area contributed by atoms with Crippen LogP contribution >= 0.6 is 0 Å². The summed E-state index contributed by atoms with van der Waals surface area (Å²) in [5, 5.41) is 2.72. The molecule has 22 heavy (non-hydrogen) atoms.